The van der Waals surface area contributed by atoms with Crippen molar-refractivity contribution >= 4 is 11.6 Å². The van der Waals surface area contributed by atoms with Crippen LogP contribution in [-0.4, -0.2) is 26.1 Å². The zero-order valence-electron chi connectivity index (χ0n) is 10.7. The van der Waals surface area contributed by atoms with E-state index in [0.29, 0.717) is 0 Å². The Morgan fingerprint density at radius 3 is 2.47 bits per heavy atom. The van der Waals surface area contributed by atoms with Crippen molar-refractivity contribution in [2.24, 2.45) is 5.73 Å². The van der Waals surface area contributed by atoms with Crippen molar-refractivity contribution in [1.29, 1.82) is 0 Å². The first-order valence-electron chi connectivity index (χ1n) is 5.82. The van der Waals surface area contributed by atoms with Crippen molar-refractivity contribution in [1.82, 2.24) is 0 Å². The topological polar surface area (TPSA) is 55.6 Å². The molecule has 0 saturated heterocycles. The van der Waals surface area contributed by atoms with Crippen LogP contribution in [0.25, 0.3) is 0 Å². The molecule has 17 heavy (non-hydrogen) atoms. The Balaban J connectivity index is 3.09. The first kappa shape index (κ1) is 13.4. The summed E-state index contributed by atoms with van der Waals surface area (Å²) in [6.45, 7) is 5.97. The first-order valence-corrected chi connectivity index (χ1v) is 5.82. The third-order valence-electron chi connectivity index (χ3n) is 2.73. The maximum atomic E-state index is 10.9. The molecule has 0 radical (unpaired) electrons. The number of benzene rings is 1. The summed E-state index contributed by atoms with van der Waals surface area (Å²) in [5.74, 6) is 0.502. The van der Waals surface area contributed by atoms with Crippen LogP contribution in [0.5, 0.6) is 5.75 Å². The van der Waals surface area contributed by atoms with Crippen molar-refractivity contribution in [2.75, 3.05) is 25.1 Å². The second kappa shape index (κ2) is 6.13. The lowest BCUT2D eigenvalue weighted by atomic mass is 10.1. The molecule has 0 spiro atoms. The molecule has 94 valence electrons. The molecule has 4 heteroatoms. The summed E-state index contributed by atoms with van der Waals surface area (Å²) in [5.41, 5.74) is 7.13. The molecule has 0 aliphatic carbocycles. The molecular weight excluding hydrogens is 216 g/mol. The number of primary amides is 1. The zero-order valence-corrected chi connectivity index (χ0v) is 10.7. The summed E-state index contributed by atoms with van der Waals surface area (Å²) >= 11 is 0. The largest absolute Gasteiger partial charge is 0.495 e. The first-order chi connectivity index (χ1) is 8.12. The number of amides is 1. The maximum absolute atomic E-state index is 10.9. The number of hydrogen-bond donors (Lipinski definition) is 1. The molecule has 0 aliphatic heterocycles. The summed E-state index contributed by atoms with van der Waals surface area (Å²) in [6.07, 6.45) is 0.262. The molecule has 0 heterocycles. The van der Waals surface area contributed by atoms with Gasteiger partial charge in [0.25, 0.3) is 0 Å². The van der Waals surface area contributed by atoms with Crippen molar-refractivity contribution in [3.63, 3.8) is 0 Å². The van der Waals surface area contributed by atoms with Crippen molar-refractivity contribution in [2.45, 2.75) is 20.3 Å². The second-order valence-electron chi connectivity index (χ2n) is 3.82. The molecule has 0 aliphatic rings. The summed E-state index contributed by atoms with van der Waals surface area (Å²) < 4.78 is 5.33. The Labute approximate surface area is 102 Å². The Morgan fingerprint density at radius 2 is 2.00 bits per heavy atom. The van der Waals surface area contributed by atoms with E-state index in [2.05, 4.69) is 18.7 Å². The fourth-order valence-corrected chi connectivity index (χ4v) is 1.86. The van der Waals surface area contributed by atoms with Crippen molar-refractivity contribution in [3.05, 3.63) is 23.8 Å². The number of nitrogens with zero attached hydrogens (tertiary/aromatic N) is 1. The van der Waals surface area contributed by atoms with Crippen LogP contribution in [0, 0.1) is 0 Å². The third-order valence-corrected chi connectivity index (χ3v) is 2.73. The lowest BCUT2D eigenvalue weighted by Crippen LogP contribution is -2.23. The molecule has 0 saturated carbocycles. The molecule has 1 rings (SSSR count). The van der Waals surface area contributed by atoms with Crippen LogP contribution in [0.4, 0.5) is 5.69 Å². The number of hydrogen-bond acceptors (Lipinski definition) is 3. The van der Waals surface area contributed by atoms with E-state index >= 15 is 0 Å². The van der Waals surface area contributed by atoms with Gasteiger partial charge in [-0.05, 0) is 31.5 Å². The van der Waals surface area contributed by atoms with Gasteiger partial charge < -0.3 is 15.4 Å². The van der Waals surface area contributed by atoms with Crippen molar-refractivity contribution < 1.29 is 9.53 Å². The average molecular weight is 236 g/mol. The van der Waals surface area contributed by atoms with Gasteiger partial charge in [0.05, 0.1) is 19.2 Å². The van der Waals surface area contributed by atoms with Gasteiger partial charge in [-0.1, -0.05) is 6.07 Å². The second-order valence-corrected chi connectivity index (χ2v) is 3.82. The zero-order chi connectivity index (χ0) is 12.8. The minimum Gasteiger partial charge on any atom is -0.495 e. The molecular formula is C13H20N2O2. The number of methoxy groups -OCH3 is 1. The van der Waals surface area contributed by atoms with Crippen LogP contribution in [0.15, 0.2) is 18.2 Å². The fraction of sp³-hybridized carbons (Fsp3) is 0.462. The molecule has 0 bridgehead atoms. The van der Waals surface area contributed by atoms with Gasteiger partial charge in [-0.2, -0.15) is 0 Å². The quantitative estimate of drug-likeness (QED) is 0.815. The Bertz CT molecular complexity index is 387. The van der Waals surface area contributed by atoms with E-state index < -0.39 is 0 Å². The minimum absolute atomic E-state index is 0.262. The van der Waals surface area contributed by atoms with Crippen LogP contribution in [-0.2, 0) is 11.2 Å². The number of rotatable bonds is 6. The van der Waals surface area contributed by atoms with Gasteiger partial charge in [0.1, 0.15) is 5.75 Å². The number of anilines is 1. The van der Waals surface area contributed by atoms with E-state index in [1.807, 2.05) is 18.2 Å². The van der Waals surface area contributed by atoms with Gasteiger partial charge in [-0.25, -0.2) is 0 Å². The molecule has 2 N–H and O–H groups in total. The summed E-state index contributed by atoms with van der Waals surface area (Å²) in [4.78, 5) is 13.1. The Hall–Kier alpha value is -1.71. The predicted molar refractivity (Wildman–Crippen MR) is 69.5 cm³/mol. The van der Waals surface area contributed by atoms with E-state index in [4.69, 9.17) is 10.5 Å². The van der Waals surface area contributed by atoms with Crippen LogP contribution < -0.4 is 15.4 Å². The average Bonchev–Trinajstić information content (AvgIpc) is 2.30. The SMILES string of the molecule is CCN(CC)c1cc(CC(N)=O)ccc1OC. The predicted octanol–water partition coefficient (Wildman–Crippen LogP) is 1.57. The van der Waals surface area contributed by atoms with Crippen LogP contribution in [0.1, 0.15) is 19.4 Å². The van der Waals surface area contributed by atoms with Gasteiger partial charge in [0.15, 0.2) is 0 Å². The highest BCUT2D eigenvalue weighted by molar-refractivity contribution is 5.77. The molecule has 0 atom stereocenters. The Morgan fingerprint density at radius 1 is 1.35 bits per heavy atom. The number of ether oxygens (including phenoxy) is 1. The Kier molecular flexibility index (Phi) is 4.82. The van der Waals surface area contributed by atoms with Gasteiger partial charge >= 0.3 is 0 Å². The molecule has 1 aromatic rings. The fourth-order valence-electron chi connectivity index (χ4n) is 1.86. The van der Waals surface area contributed by atoms with Gasteiger partial charge in [0, 0.05) is 13.1 Å². The van der Waals surface area contributed by atoms with Gasteiger partial charge in [-0.3, -0.25) is 4.79 Å². The van der Waals surface area contributed by atoms with Crippen LogP contribution >= 0.6 is 0 Å². The lowest BCUT2D eigenvalue weighted by Gasteiger charge is -2.24. The van der Waals surface area contributed by atoms with Gasteiger partial charge in [0.2, 0.25) is 5.91 Å². The third kappa shape index (κ3) is 3.37. The highest BCUT2D eigenvalue weighted by atomic mass is 16.5. The summed E-state index contributed by atoms with van der Waals surface area (Å²) in [6, 6.07) is 5.72. The van der Waals surface area contributed by atoms with E-state index in [1.165, 1.54) is 0 Å². The molecule has 0 aromatic heterocycles. The van der Waals surface area contributed by atoms with E-state index in [1.54, 1.807) is 7.11 Å². The molecule has 1 aromatic carbocycles. The van der Waals surface area contributed by atoms with Gasteiger partial charge in [-0.15, -0.1) is 0 Å². The molecule has 0 fully saturated rings. The normalized spacial score (nSPS) is 10.1. The highest BCUT2D eigenvalue weighted by Crippen LogP contribution is 2.29. The highest BCUT2D eigenvalue weighted by Gasteiger charge is 2.10. The number of nitrogens with two attached hydrogens (primary N) is 1. The standard InChI is InChI=1S/C13H20N2O2/c1-4-15(5-2)11-8-10(9-13(14)16)6-7-12(11)17-3/h6-8H,4-5,9H2,1-3H3,(H2,14,16). The van der Waals surface area contributed by atoms with Crippen LogP contribution in [0.2, 0.25) is 0 Å². The van der Waals surface area contributed by atoms with E-state index in [-0.39, 0.29) is 12.3 Å². The van der Waals surface area contributed by atoms with E-state index in [9.17, 15) is 4.79 Å². The minimum atomic E-state index is -0.319. The molecule has 1 amide bonds. The number of carbonyl (C=O) groups is 1. The van der Waals surface area contributed by atoms with Crippen molar-refractivity contribution in [3.8, 4) is 5.75 Å². The molecule has 0 unspecified atom stereocenters. The maximum Gasteiger partial charge on any atom is 0.221 e. The monoisotopic (exact) mass is 236 g/mol. The van der Waals surface area contributed by atoms with E-state index in [0.717, 1.165) is 30.1 Å². The van der Waals surface area contributed by atoms with Crippen LogP contribution in [0.3, 0.4) is 0 Å². The smallest absolute Gasteiger partial charge is 0.221 e. The summed E-state index contributed by atoms with van der Waals surface area (Å²) in [7, 11) is 1.65. The molecule has 4 nitrogen and oxygen atoms in total. The number of carbonyl (C=O) groups excluding carboxylic acids is 1. The summed E-state index contributed by atoms with van der Waals surface area (Å²) in [5, 5.41) is 0. The lowest BCUT2D eigenvalue weighted by molar-refractivity contribution is -0.117.